The van der Waals surface area contributed by atoms with Crippen LogP contribution in [0, 0.1) is 23.7 Å². The maximum absolute atomic E-state index is 8.83. The lowest BCUT2D eigenvalue weighted by Crippen LogP contribution is -2.70. The van der Waals surface area contributed by atoms with E-state index in [1.54, 1.807) is 0 Å². The van der Waals surface area contributed by atoms with Crippen molar-refractivity contribution in [2.45, 2.75) is 127 Å². The summed E-state index contributed by atoms with van der Waals surface area (Å²) in [4.78, 5) is 12.2. The van der Waals surface area contributed by atoms with Crippen molar-refractivity contribution in [2.75, 3.05) is 12.4 Å². The number of rotatable bonds is 12. The Morgan fingerprint density at radius 1 is 0.844 bits per heavy atom. The predicted octanol–water partition coefficient (Wildman–Crippen LogP) is 6.43. The summed E-state index contributed by atoms with van der Waals surface area (Å²) >= 11 is 1.99. The summed E-state index contributed by atoms with van der Waals surface area (Å²) in [6, 6.07) is 0. The molecule has 5 rings (SSSR count). The molecule has 1 saturated carbocycles. The van der Waals surface area contributed by atoms with Crippen molar-refractivity contribution in [2.24, 2.45) is 23.7 Å². The summed E-state index contributed by atoms with van der Waals surface area (Å²) in [5.41, 5.74) is -0.246. The lowest BCUT2D eigenvalue weighted by Gasteiger charge is -2.60. The summed E-state index contributed by atoms with van der Waals surface area (Å²) in [5, 5.41) is 8.83. The number of ether oxygens (including phenoxy) is 2. The van der Waals surface area contributed by atoms with Crippen LogP contribution in [0.3, 0.4) is 0 Å². The van der Waals surface area contributed by atoms with Crippen LogP contribution < -0.4 is 0 Å². The van der Waals surface area contributed by atoms with Gasteiger partial charge in [-0.25, -0.2) is 9.78 Å². The maximum Gasteiger partial charge on any atom is 0.201 e. The van der Waals surface area contributed by atoms with Crippen LogP contribution in [0.2, 0.25) is 0 Å². The molecule has 4 saturated heterocycles. The predicted molar refractivity (Wildman–Crippen MR) is 128 cm³/mol. The Hall–Kier alpha value is 0.150. The first-order chi connectivity index (χ1) is 15.5. The fourth-order valence-corrected chi connectivity index (χ4v) is 7.99. The molecule has 0 aromatic carbocycles. The van der Waals surface area contributed by atoms with Crippen molar-refractivity contribution in [3.05, 3.63) is 0 Å². The van der Waals surface area contributed by atoms with Crippen molar-refractivity contribution in [1.29, 1.82) is 0 Å². The molecule has 0 amide bonds. The first-order valence-electron chi connectivity index (χ1n) is 13.4. The molecule has 2 bridgehead atoms. The average Bonchev–Trinajstić information content (AvgIpc) is 3.01. The summed E-state index contributed by atoms with van der Waals surface area (Å²) in [7, 11) is 0. The van der Waals surface area contributed by atoms with Gasteiger partial charge in [-0.1, -0.05) is 58.8 Å². The van der Waals surface area contributed by atoms with Gasteiger partial charge in [-0.05, 0) is 62.5 Å². The third kappa shape index (κ3) is 5.21. The van der Waals surface area contributed by atoms with Gasteiger partial charge in [0.1, 0.15) is 5.44 Å². The molecule has 6 heteroatoms. The van der Waals surface area contributed by atoms with Gasteiger partial charge in [-0.15, -0.1) is 11.8 Å². The first-order valence-corrected chi connectivity index (χ1v) is 14.5. The van der Waals surface area contributed by atoms with Crippen molar-refractivity contribution in [3.8, 4) is 0 Å². The van der Waals surface area contributed by atoms with E-state index >= 15 is 0 Å². The highest BCUT2D eigenvalue weighted by molar-refractivity contribution is 7.99. The first kappa shape index (κ1) is 25.2. The molecule has 5 fully saturated rings. The van der Waals surface area contributed by atoms with Crippen molar-refractivity contribution in [3.63, 3.8) is 0 Å². The van der Waals surface area contributed by atoms with Crippen LogP contribution in [0.5, 0.6) is 0 Å². The molecular formula is C26H46O5S. The molecule has 0 aromatic heterocycles. The van der Waals surface area contributed by atoms with Crippen molar-refractivity contribution < 1.29 is 24.4 Å². The van der Waals surface area contributed by atoms with Crippen LogP contribution in [-0.2, 0) is 19.2 Å². The Kier molecular flexibility index (Phi) is 8.88. The minimum atomic E-state index is -0.675. The maximum atomic E-state index is 8.83. The normalized spacial score (nSPS) is 43.1. The number of thioether (sulfide) groups is 1. The third-order valence-electron chi connectivity index (χ3n) is 8.68. The number of aliphatic hydroxyl groups excluding tert-OH is 1. The fourth-order valence-electron chi connectivity index (χ4n) is 6.71. The monoisotopic (exact) mass is 470 g/mol. The summed E-state index contributed by atoms with van der Waals surface area (Å²) in [6.45, 7) is 7.08. The third-order valence-corrected chi connectivity index (χ3v) is 10.1. The lowest BCUT2D eigenvalue weighted by molar-refractivity contribution is -0.568. The van der Waals surface area contributed by atoms with E-state index in [1.807, 2.05) is 18.7 Å². The van der Waals surface area contributed by atoms with E-state index in [0.717, 1.165) is 25.0 Å². The molecule has 0 radical (unpaired) electrons. The van der Waals surface area contributed by atoms with Crippen LogP contribution in [0.4, 0.5) is 0 Å². The molecule has 1 aliphatic carbocycles. The largest absolute Gasteiger partial charge is 0.396 e. The lowest BCUT2D eigenvalue weighted by atomic mass is 9.58. The molecule has 5 nitrogen and oxygen atoms in total. The number of hydrogen-bond acceptors (Lipinski definition) is 6. The second-order valence-corrected chi connectivity index (χ2v) is 12.3. The molecule has 32 heavy (non-hydrogen) atoms. The quantitative estimate of drug-likeness (QED) is 0.262. The molecule has 4 aliphatic heterocycles. The van der Waals surface area contributed by atoms with Gasteiger partial charge in [0.15, 0.2) is 11.9 Å². The second kappa shape index (κ2) is 11.3. The SMILES string of the molecule is C[C@H]1[C@H](SCCCCCCCCCCCO)O[C@@H]2O[C@@]3(C)CC[C@H]4[C@H](C)CC[C@@H]1[C@@]24OO3. The van der Waals surface area contributed by atoms with E-state index in [9.17, 15) is 0 Å². The minimum absolute atomic E-state index is 0.183. The molecular weight excluding hydrogens is 424 g/mol. The van der Waals surface area contributed by atoms with Crippen LogP contribution in [0.25, 0.3) is 0 Å². The van der Waals surface area contributed by atoms with Gasteiger partial charge >= 0.3 is 0 Å². The van der Waals surface area contributed by atoms with Crippen molar-refractivity contribution in [1.82, 2.24) is 0 Å². The zero-order valence-corrected chi connectivity index (χ0v) is 21.4. The molecule has 0 unspecified atom stereocenters. The van der Waals surface area contributed by atoms with Gasteiger partial charge in [-0.3, -0.25) is 0 Å². The Labute approximate surface area is 199 Å². The second-order valence-electron chi connectivity index (χ2n) is 11.1. The van der Waals surface area contributed by atoms with Crippen LogP contribution in [0.15, 0.2) is 0 Å². The van der Waals surface area contributed by atoms with Gasteiger partial charge in [0.2, 0.25) is 5.79 Å². The highest BCUT2D eigenvalue weighted by Gasteiger charge is 2.69. The van der Waals surface area contributed by atoms with Gasteiger partial charge in [0.05, 0.1) is 0 Å². The zero-order chi connectivity index (χ0) is 22.6. The summed E-state index contributed by atoms with van der Waals surface area (Å²) < 4.78 is 13.1. The number of fused-ring (bicyclic) bond motifs is 2. The molecule has 186 valence electrons. The molecule has 5 aliphatic rings. The Morgan fingerprint density at radius 3 is 2.25 bits per heavy atom. The Bertz CT molecular complexity index is 591. The topological polar surface area (TPSA) is 57.2 Å². The van der Waals surface area contributed by atoms with Crippen LogP contribution in [0.1, 0.15) is 104 Å². The van der Waals surface area contributed by atoms with Crippen LogP contribution in [-0.4, -0.2) is 40.6 Å². The highest BCUT2D eigenvalue weighted by atomic mass is 32.2. The number of unbranched alkanes of at least 4 members (excludes halogenated alkanes) is 8. The Morgan fingerprint density at radius 2 is 1.53 bits per heavy atom. The van der Waals surface area contributed by atoms with Crippen molar-refractivity contribution >= 4 is 11.8 Å². The van der Waals surface area contributed by atoms with E-state index in [4.69, 9.17) is 24.4 Å². The highest BCUT2D eigenvalue weighted by Crippen LogP contribution is 2.61. The molecule has 8 atom stereocenters. The van der Waals surface area contributed by atoms with Gasteiger partial charge in [-0.2, -0.15) is 0 Å². The fraction of sp³-hybridized carbons (Fsp3) is 1.00. The molecule has 1 spiro atoms. The van der Waals surface area contributed by atoms with Gasteiger partial charge in [0.25, 0.3) is 0 Å². The number of aliphatic hydroxyl groups is 1. The van der Waals surface area contributed by atoms with E-state index in [-0.39, 0.29) is 11.7 Å². The van der Waals surface area contributed by atoms with Gasteiger partial charge < -0.3 is 14.6 Å². The van der Waals surface area contributed by atoms with Crippen LogP contribution >= 0.6 is 11.8 Å². The summed E-state index contributed by atoms with van der Waals surface area (Å²) in [5.74, 6) is 2.44. The van der Waals surface area contributed by atoms with E-state index in [0.29, 0.717) is 30.3 Å². The number of hydrogen-bond donors (Lipinski definition) is 1. The molecule has 4 heterocycles. The summed E-state index contributed by atoms with van der Waals surface area (Å²) in [6.07, 6.45) is 15.4. The zero-order valence-electron chi connectivity index (χ0n) is 20.6. The van der Waals surface area contributed by atoms with E-state index in [1.165, 1.54) is 64.2 Å². The smallest absolute Gasteiger partial charge is 0.201 e. The van der Waals surface area contributed by atoms with E-state index < -0.39 is 11.4 Å². The standard InChI is InChI=1S/C26H46O5S/c1-19-13-14-22-20(2)23(32-18-12-10-8-6-4-5-7-9-11-17-27)28-24-26(22)21(19)15-16-25(3,29-24)30-31-26/h19-24,27H,4-18H2,1-3H3/t19-,20-,21+,22+,23+,24-,25-,26-/m1/s1. The van der Waals surface area contributed by atoms with Gasteiger partial charge in [0, 0.05) is 18.9 Å². The molecule has 0 aromatic rings. The Balaban J connectivity index is 1.23. The average molecular weight is 471 g/mol. The minimum Gasteiger partial charge on any atom is -0.396 e. The molecule has 1 N–H and O–H groups in total. The van der Waals surface area contributed by atoms with E-state index in [2.05, 4.69) is 13.8 Å².